The largest absolute Gasteiger partial charge is 0.497 e. The van der Waals surface area contributed by atoms with Crippen LogP contribution in [0.15, 0.2) is 36.4 Å². The van der Waals surface area contributed by atoms with Gasteiger partial charge < -0.3 is 24.4 Å². The lowest BCUT2D eigenvalue weighted by atomic mass is 10.1. The molecule has 1 atom stereocenters. The molecule has 0 unspecified atom stereocenters. The number of benzene rings is 2. The smallest absolute Gasteiger partial charge is 0.229 e. The highest BCUT2D eigenvalue weighted by Crippen LogP contribution is 2.36. The third kappa shape index (κ3) is 3.88. The maximum Gasteiger partial charge on any atom is 0.229 e. The Morgan fingerprint density at radius 2 is 1.79 bits per heavy atom. The first kappa shape index (κ1) is 19.5. The van der Waals surface area contributed by atoms with Gasteiger partial charge in [-0.05, 0) is 36.8 Å². The molecule has 1 aliphatic rings. The van der Waals surface area contributed by atoms with Crippen molar-refractivity contribution in [1.29, 1.82) is 0 Å². The van der Waals surface area contributed by atoms with Crippen LogP contribution in [0.3, 0.4) is 0 Å². The minimum atomic E-state index is -0.468. The van der Waals surface area contributed by atoms with E-state index in [1.54, 1.807) is 43.4 Å². The van der Waals surface area contributed by atoms with Gasteiger partial charge in [0, 0.05) is 19.0 Å². The fourth-order valence-corrected chi connectivity index (χ4v) is 3.28. The van der Waals surface area contributed by atoms with Crippen molar-refractivity contribution in [3.63, 3.8) is 0 Å². The molecular weight excluding hydrogens is 360 g/mol. The van der Waals surface area contributed by atoms with Crippen molar-refractivity contribution < 1.29 is 23.8 Å². The summed E-state index contributed by atoms with van der Waals surface area (Å²) in [4.78, 5) is 26.9. The maximum atomic E-state index is 12.8. The molecule has 2 aromatic carbocycles. The van der Waals surface area contributed by atoms with Gasteiger partial charge in [-0.25, -0.2) is 0 Å². The minimum absolute atomic E-state index is 0.125. The lowest BCUT2D eigenvalue weighted by Crippen LogP contribution is -2.28. The van der Waals surface area contributed by atoms with E-state index in [1.807, 2.05) is 19.1 Å². The van der Waals surface area contributed by atoms with Crippen LogP contribution in [0.4, 0.5) is 11.4 Å². The van der Waals surface area contributed by atoms with Crippen molar-refractivity contribution in [2.45, 2.75) is 13.3 Å². The van der Waals surface area contributed by atoms with Crippen LogP contribution in [0, 0.1) is 12.8 Å². The summed E-state index contributed by atoms with van der Waals surface area (Å²) in [7, 11) is 4.65. The van der Waals surface area contributed by atoms with Crippen molar-refractivity contribution in [1.82, 2.24) is 0 Å². The summed E-state index contributed by atoms with van der Waals surface area (Å²) in [5.41, 5.74) is 2.22. The van der Waals surface area contributed by atoms with Gasteiger partial charge in [0.2, 0.25) is 11.8 Å². The number of amides is 2. The Hall–Kier alpha value is -3.22. The van der Waals surface area contributed by atoms with Gasteiger partial charge in [0.25, 0.3) is 0 Å². The number of carbonyl (C=O) groups excluding carboxylic acids is 2. The fourth-order valence-electron chi connectivity index (χ4n) is 3.28. The summed E-state index contributed by atoms with van der Waals surface area (Å²) in [5, 5.41) is 2.89. The first-order valence-corrected chi connectivity index (χ1v) is 8.94. The van der Waals surface area contributed by atoms with Gasteiger partial charge in [0.05, 0.1) is 38.6 Å². The zero-order valence-corrected chi connectivity index (χ0v) is 16.4. The van der Waals surface area contributed by atoms with Crippen LogP contribution < -0.4 is 24.4 Å². The molecule has 0 aromatic heterocycles. The van der Waals surface area contributed by atoms with Gasteiger partial charge in [-0.3, -0.25) is 9.59 Å². The first-order chi connectivity index (χ1) is 13.5. The predicted molar refractivity (Wildman–Crippen MR) is 106 cm³/mol. The molecule has 2 aromatic rings. The fraction of sp³-hybridized carbons (Fsp3) is 0.333. The third-order valence-electron chi connectivity index (χ3n) is 4.79. The van der Waals surface area contributed by atoms with Crippen LogP contribution in [-0.2, 0) is 9.59 Å². The highest BCUT2D eigenvalue weighted by Gasteiger charge is 2.36. The van der Waals surface area contributed by atoms with Crippen LogP contribution >= 0.6 is 0 Å². The summed E-state index contributed by atoms with van der Waals surface area (Å²) in [6.07, 6.45) is 0.134. The van der Waals surface area contributed by atoms with E-state index < -0.39 is 5.92 Å². The minimum Gasteiger partial charge on any atom is -0.497 e. The Balaban J connectivity index is 1.78. The van der Waals surface area contributed by atoms with Gasteiger partial charge >= 0.3 is 0 Å². The zero-order valence-electron chi connectivity index (χ0n) is 16.4. The summed E-state index contributed by atoms with van der Waals surface area (Å²) in [6, 6.07) is 10.8. The monoisotopic (exact) mass is 384 g/mol. The van der Waals surface area contributed by atoms with E-state index in [1.165, 1.54) is 7.11 Å². The molecule has 1 aliphatic heterocycles. The number of aryl methyl sites for hydroxylation is 1. The van der Waals surface area contributed by atoms with Crippen LogP contribution in [0.25, 0.3) is 0 Å². The quantitative estimate of drug-likeness (QED) is 0.828. The third-order valence-corrected chi connectivity index (χ3v) is 4.79. The number of hydrogen-bond acceptors (Lipinski definition) is 5. The van der Waals surface area contributed by atoms with E-state index in [-0.39, 0.29) is 24.8 Å². The summed E-state index contributed by atoms with van der Waals surface area (Å²) >= 11 is 0. The second-order valence-corrected chi connectivity index (χ2v) is 6.64. The molecule has 7 nitrogen and oxygen atoms in total. The first-order valence-electron chi connectivity index (χ1n) is 8.94. The molecule has 148 valence electrons. The molecule has 0 radical (unpaired) electrons. The molecule has 1 fully saturated rings. The van der Waals surface area contributed by atoms with Crippen LogP contribution in [0.5, 0.6) is 17.2 Å². The number of carbonyl (C=O) groups is 2. The van der Waals surface area contributed by atoms with E-state index in [4.69, 9.17) is 14.2 Å². The van der Waals surface area contributed by atoms with E-state index in [0.29, 0.717) is 28.6 Å². The van der Waals surface area contributed by atoms with Crippen LogP contribution in [0.2, 0.25) is 0 Å². The molecule has 7 heteroatoms. The second-order valence-electron chi connectivity index (χ2n) is 6.64. The summed E-state index contributed by atoms with van der Waals surface area (Å²) < 4.78 is 15.9. The molecule has 0 spiro atoms. The molecule has 28 heavy (non-hydrogen) atoms. The Labute approximate surface area is 164 Å². The normalized spacial score (nSPS) is 16.1. The van der Waals surface area contributed by atoms with Crippen molar-refractivity contribution >= 4 is 23.2 Å². The van der Waals surface area contributed by atoms with Gasteiger partial charge in [-0.2, -0.15) is 0 Å². The van der Waals surface area contributed by atoms with Crippen molar-refractivity contribution in [3.8, 4) is 17.2 Å². The van der Waals surface area contributed by atoms with Gasteiger partial charge in [0.15, 0.2) is 0 Å². The molecule has 3 rings (SSSR count). The topological polar surface area (TPSA) is 77.1 Å². The summed E-state index contributed by atoms with van der Waals surface area (Å²) in [5.74, 6) is 0.927. The molecule has 1 N–H and O–H groups in total. The molecule has 1 saturated heterocycles. The maximum absolute atomic E-state index is 12.8. The SMILES string of the molecule is COc1ccc(N2C[C@@H](C(=O)Nc3cc(C)ccc3OC)CC2=O)c(OC)c1. The molecule has 0 aliphatic carbocycles. The Bertz CT molecular complexity index is 896. The Morgan fingerprint density at radius 1 is 1.04 bits per heavy atom. The van der Waals surface area contributed by atoms with E-state index in [2.05, 4.69) is 5.32 Å². The number of nitrogens with zero attached hydrogens (tertiary/aromatic N) is 1. The number of rotatable bonds is 6. The Morgan fingerprint density at radius 3 is 2.46 bits per heavy atom. The molecule has 1 heterocycles. The number of ether oxygens (including phenoxy) is 3. The van der Waals surface area contributed by atoms with Crippen molar-refractivity contribution in [2.24, 2.45) is 5.92 Å². The summed E-state index contributed by atoms with van der Waals surface area (Å²) in [6.45, 7) is 2.22. The lowest BCUT2D eigenvalue weighted by molar-refractivity contribution is -0.122. The van der Waals surface area contributed by atoms with E-state index in [9.17, 15) is 9.59 Å². The Kier molecular flexibility index (Phi) is 5.73. The zero-order chi connectivity index (χ0) is 20.3. The average Bonchev–Trinajstić information content (AvgIpc) is 3.09. The molecular formula is C21H24N2O5. The van der Waals surface area contributed by atoms with Gasteiger partial charge in [-0.15, -0.1) is 0 Å². The van der Waals surface area contributed by atoms with Crippen molar-refractivity contribution in [2.75, 3.05) is 38.1 Å². The van der Waals surface area contributed by atoms with Crippen LogP contribution in [0.1, 0.15) is 12.0 Å². The highest BCUT2D eigenvalue weighted by atomic mass is 16.5. The predicted octanol–water partition coefficient (Wildman–Crippen LogP) is 3.01. The number of hydrogen-bond donors (Lipinski definition) is 1. The second kappa shape index (κ2) is 8.21. The standard InChI is InChI=1S/C21H24N2O5/c1-13-5-8-18(27-3)16(9-13)22-21(25)14-10-20(24)23(12-14)17-7-6-15(26-2)11-19(17)28-4/h5-9,11,14H,10,12H2,1-4H3,(H,22,25)/t14-/m0/s1. The highest BCUT2D eigenvalue weighted by molar-refractivity contribution is 6.04. The van der Waals surface area contributed by atoms with Gasteiger partial charge in [-0.1, -0.05) is 6.07 Å². The lowest BCUT2D eigenvalue weighted by Gasteiger charge is -2.20. The van der Waals surface area contributed by atoms with Crippen LogP contribution in [-0.4, -0.2) is 39.7 Å². The molecule has 2 amide bonds. The average molecular weight is 384 g/mol. The number of nitrogens with one attached hydrogen (secondary N) is 1. The number of methoxy groups -OCH3 is 3. The van der Waals surface area contributed by atoms with E-state index >= 15 is 0 Å². The molecule has 0 bridgehead atoms. The number of anilines is 2. The van der Waals surface area contributed by atoms with Crippen molar-refractivity contribution in [3.05, 3.63) is 42.0 Å². The molecule has 0 saturated carbocycles. The van der Waals surface area contributed by atoms with E-state index in [0.717, 1.165) is 5.56 Å². The van der Waals surface area contributed by atoms with Gasteiger partial charge in [0.1, 0.15) is 17.2 Å².